The molecule has 0 spiro atoms. The number of carbonyl (C=O) groups is 1. The van der Waals surface area contributed by atoms with Gasteiger partial charge in [-0.1, -0.05) is 24.3 Å². The Kier molecular flexibility index (Phi) is 5.50. The number of rotatable bonds is 6. The molecule has 0 saturated carbocycles. The third kappa shape index (κ3) is 4.60. The van der Waals surface area contributed by atoms with Gasteiger partial charge in [0.15, 0.2) is 11.6 Å². The third-order valence-electron chi connectivity index (χ3n) is 2.97. The zero-order valence-corrected chi connectivity index (χ0v) is 11.9. The van der Waals surface area contributed by atoms with Gasteiger partial charge in [-0.15, -0.1) is 0 Å². The van der Waals surface area contributed by atoms with Crippen molar-refractivity contribution in [2.75, 3.05) is 6.61 Å². The average molecular weight is 298 g/mol. The SMILES string of the molecule is N#Cc1cccc(CNC(=O)CCOc2ccccc2F)c1. The quantitative estimate of drug-likeness (QED) is 0.892. The molecule has 0 aliphatic heterocycles. The van der Waals surface area contributed by atoms with Crippen molar-refractivity contribution in [2.45, 2.75) is 13.0 Å². The first-order valence-corrected chi connectivity index (χ1v) is 6.82. The van der Waals surface area contributed by atoms with Crippen LogP contribution in [0.3, 0.4) is 0 Å². The molecule has 22 heavy (non-hydrogen) atoms. The van der Waals surface area contributed by atoms with Crippen molar-refractivity contribution in [1.29, 1.82) is 5.26 Å². The molecule has 0 bridgehead atoms. The second-order valence-electron chi connectivity index (χ2n) is 4.62. The molecule has 2 aromatic rings. The van der Waals surface area contributed by atoms with Gasteiger partial charge in [-0.3, -0.25) is 4.79 Å². The fourth-order valence-corrected chi connectivity index (χ4v) is 1.86. The molecule has 1 N–H and O–H groups in total. The molecule has 0 radical (unpaired) electrons. The molecular weight excluding hydrogens is 283 g/mol. The molecule has 0 aliphatic rings. The van der Waals surface area contributed by atoms with E-state index in [-0.39, 0.29) is 24.7 Å². The lowest BCUT2D eigenvalue weighted by molar-refractivity contribution is -0.121. The molecule has 0 aliphatic carbocycles. The van der Waals surface area contributed by atoms with Gasteiger partial charge in [0, 0.05) is 6.54 Å². The number of nitrogens with zero attached hydrogens (tertiary/aromatic N) is 1. The maximum atomic E-state index is 13.3. The van der Waals surface area contributed by atoms with Crippen LogP contribution in [-0.4, -0.2) is 12.5 Å². The highest BCUT2D eigenvalue weighted by Gasteiger charge is 2.05. The molecule has 0 atom stereocenters. The number of nitrogens with one attached hydrogen (secondary N) is 1. The summed E-state index contributed by atoms with van der Waals surface area (Å²) in [4.78, 5) is 11.7. The molecule has 0 aromatic heterocycles. The number of halogens is 1. The molecule has 2 aromatic carbocycles. The molecule has 5 heteroatoms. The monoisotopic (exact) mass is 298 g/mol. The zero-order chi connectivity index (χ0) is 15.8. The summed E-state index contributed by atoms with van der Waals surface area (Å²) >= 11 is 0. The Morgan fingerprint density at radius 2 is 2.05 bits per heavy atom. The number of nitriles is 1. The Hall–Kier alpha value is -2.87. The first-order valence-electron chi connectivity index (χ1n) is 6.82. The summed E-state index contributed by atoms with van der Waals surface area (Å²) in [6.45, 7) is 0.444. The minimum absolute atomic E-state index is 0.102. The van der Waals surface area contributed by atoms with Gasteiger partial charge in [-0.05, 0) is 29.8 Å². The third-order valence-corrected chi connectivity index (χ3v) is 2.97. The minimum Gasteiger partial charge on any atom is -0.490 e. The normalized spacial score (nSPS) is 9.82. The van der Waals surface area contributed by atoms with Crippen LogP contribution < -0.4 is 10.1 Å². The van der Waals surface area contributed by atoms with Crippen LogP contribution in [0.15, 0.2) is 48.5 Å². The van der Waals surface area contributed by atoms with Crippen LogP contribution in [0.5, 0.6) is 5.75 Å². The summed E-state index contributed by atoms with van der Waals surface area (Å²) < 4.78 is 18.5. The largest absolute Gasteiger partial charge is 0.490 e. The van der Waals surface area contributed by atoms with E-state index in [1.165, 1.54) is 12.1 Å². The second-order valence-corrected chi connectivity index (χ2v) is 4.62. The highest BCUT2D eigenvalue weighted by molar-refractivity contribution is 5.76. The van der Waals surface area contributed by atoms with Crippen molar-refractivity contribution in [3.8, 4) is 11.8 Å². The highest BCUT2D eigenvalue weighted by atomic mass is 19.1. The molecule has 112 valence electrons. The van der Waals surface area contributed by atoms with E-state index in [2.05, 4.69) is 5.32 Å². The molecule has 0 unspecified atom stereocenters. The highest BCUT2D eigenvalue weighted by Crippen LogP contribution is 2.15. The predicted octanol–water partition coefficient (Wildman–Crippen LogP) is 2.78. The lowest BCUT2D eigenvalue weighted by Gasteiger charge is -2.08. The smallest absolute Gasteiger partial charge is 0.223 e. The Bertz CT molecular complexity index is 695. The van der Waals surface area contributed by atoms with Crippen molar-refractivity contribution in [3.63, 3.8) is 0 Å². The lowest BCUT2D eigenvalue weighted by atomic mass is 10.1. The van der Waals surface area contributed by atoms with Crippen LogP contribution in [-0.2, 0) is 11.3 Å². The Morgan fingerprint density at radius 1 is 1.23 bits per heavy atom. The standard InChI is InChI=1S/C17H15FN2O2/c18-15-6-1-2-7-16(15)22-9-8-17(21)20-12-14-5-3-4-13(10-14)11-19/h1-7,10H,8-9,12H2,(H,20,21). The number of carbonyl (C=O) groups excluding carboxylic acids is 1. The number of amides is 1. The molecule has 1 amide bonds. The number of hydrogen-bond acceptors (Lipinski definition) is 3. The van der Waals surface area contributed by atoms with E-state index in [0.717, 1.165) is 5.56 Å². The van der Waals surface area contributed by atoms with Gasteiger partial charge in [-0.25, -0.2) is 4.39 Å². The number of para-hydroxylation sites is 1. The maximum absolute atomic E-state index is 13.3. The Morgan fingerprint density at radius 3 is 2.82 bits per heavy atom. The summed E-state index contributed by atoms with van der Waals surface area (Å²) in [6, 6.07) is 15.1. The molecule has 2 rings (SSSR count). The van der Waals surface area contributed by atoms with Gasteiger partial charge in [0.25, 0.3) is 0 Å². The van der Waals surface area contributed by atoms with E-state index in [9.17, 15) is 9.18 Å². The van der Waals surface area contributed by atoms with E-state index in [1.54, 1.807) is 30.3 Å². The van der Waals surface area contributed by atoms with Crippen molar-refractivity contribution < 1.29 is 13.9 Å². The van der Waals surface area contributed by atoms with Gasteiger partial charge >= 0.3 is 0 Å². The van der Waals surface area contributed by atoms with Crippen LogP contribution in [0.4, 0.5) is 4.39 Å². The Labute approximate surface area is 128 Å². The predicted molar refractivity (Wildman–Crippen MR) is 79.5 cm³/mol. The first kappa shape index (κ1) is 15.5. The summed E-state index contributed by atoms with van der Waals surface area (Å²) in [5.41, 5.74) is 1.40. The van der Waals surface area contributed by atoms with E-state index in [0.29, 0.717) is 12.1 Å². The van der Waals surface area contributed by atoms with Crippen molar-refractivity contribution in [1.82, 2.24) is 5.32 Å². The van der Waals surface area contributed by atoms with E-state index in [1.807, 2.05) is 12.1 Å². The van der Waals surface area contributed by atoms with Crippen LogP contribution in [0, 0.1) is 17.1 Å². The number of ether oxygens (including phenoxy) is 1. The Balaban J connectivity index is 1.74. The lowest BCUT2D eigenvalue weighted by Crippen LogP contribution is -2.24. The van der Waals surface area contributed by atoms with Crippen molar-refractivity contribution in [2.24, 2.45) is 0 Å². The zero-order valence-electron chi connectivity index (χ0n) is 11.9. The number of hydrogen-bond donors (Lipinski definition) is 1. The first-order chi connectivity index (χ1) is 10.7. The van der Waals surface area contributed by atoms with Gasteiger partial charge in [-0.2, -0.15) is 5.26 Å². The van der Waals surface area contributed by atoms with Gasteiger partial charge in [0.2, 0.25) is 5.91 Å². The second kappa shape index (κ2) is 7.79. The minimum atomic E-state index is -0.448. The summed E-state index contributed by atoms with van der Waals surface area (Å²) in [6.07, 6.45) is 0.131. The summed E-state index contributed by atoms with van der Waals surface area (Å²) in [7, 11) is 0. The number of benzene rings is 2. The van der Waals surface area contributed by atoms with Gasteiger partial charge < -0.3 is 10.1 Å². The van der Waals surface area contributed by atoms with Crippen molar-refractivity contribution in [3.05, 3.63) is 65.5 Å². The fraction of sp³-hybridized carbons (Fsp3) is 0.176. The van der Waals surface area contributed by atoms with Crippen LogP contribution >= 0.6 is 0 Å². The topological polar surface area (TPSA) is 62.1 Å². The molecule has 0 heterocycles. The van der Waals surface area contributed by atoms with Crippen LogP contribution in [0.2, 0.25) is 0 Å². The summed E-state index contributed by atoms with van der Waals surface area (Å²) in [5.74, 6) is -0.507. The van der Waals surface area contributed by atoms with Gasteiger partial charge in [0.1, 0.15) is 0 Å². The van der Waals surface area contributed by atoms with Gasteiger partial charge in [0.05, 0.1) is 24.7 Å². The molecule has 4 nitrogen and oxygen atoms in total. The molecule has 0 saturated heterocycles. The van der Waals surface area contributed by atoms with E-state index < -0.39 is 5.82 Å². The maximum Gasteiger partial charge on any atom is 0.223 e. The molecule has 0 fully saturated rings. The summed E-state index contributed by atoms with van der Waals surface area (Å²) in [5, 5.41) is 11.5. The van der Waals surface area contributed by atoms with Crippen molar-refractivity contribution >= 4 is 5.91 Å². The van der Waals surface area contributed by atoms with Crippen LogP contribution in [0.1, 0.15) is 17.5 Å². The van der Waals surface area contributed by atoms with E-state index >= 15 is 0 Å². The molecular formula is C17H15FN2O2. The fourth-order valence-electron chi connectivity index (χ4n) is 1.86. The average Bonchev–Trinajstić information content (AvgIpc) is 2.55. The van der Waals surface area contributed by atoms with E-state index in [4.69, 9.17) is 10.00 Å². The van der Waals surface area contributed by atoms with Crippen LogP contribution in [0.25, 0.3) is 0 Å².